The number of rotatable bonds is 3. The Balaban J connectivity index is 2.00. The van der Waals surface area contributed by atoms with Crippen LogP contribution in [0.2, 0.25) is 0 Å². The van der Waals surface area contributed by atoms with Crippen LogP contribution in [0.3, 0.4) is 0 Å². The number of halogens is 1. The highest BCUT2D eigenvalue weighted by atomic mass is 19.1. The largest absolute Gasteiger partial charge is 0.449 e. The molecule has 0 spiro atoms. The summed E-state index contributed by atoms with van der Waals surface area (Å²) in [6.45, 7) is 0.359. The molecule has 2 aromatic rings. The second-order valence-corrected chi connectivity index (χ2v) is 3.08. The molecule has 0 saturated carbocycles. The van der Waals surface area contributed by atoms with Gasteiger partial charge >= 0.3 is 0 Å². The van der Waals surface area contributed by atoms with Gasteiger partial charge in [0.1, 0.15) is 17.6 Å². The van der Waals surface area contributed by atoms with E-state index in [9.17, 15) is 4.39 Å². The zero-order valence-corrected chi connectivity index (χ0v) is 8.27. The lowest BCUT2D eigenvalue weighted by Crippen LogP contribution is -2.00. The van der Waals surface area contributed by atoms with Gasteiger partial charge in [0, 0.05) is 0 Å². The van der Waals surface area contributed by atoms with E-state index < -0.39 is 5.95 Å². The number of pyridine rings is 1. The Morgan fingerprint density at radius 3 is 2.94 bits per heavy atom. The van der Waals surface area contributed by atoms with Gasteiger partial charge < -0.3 is 9.73 Å². The maximum absolute atomic E-state index is 12.7. The van der Waals surface area contributed by atoms with E-state index in [2.05, 4.69) is 10.3 Å². The summed E-state index contributed by atoms with van der Waals surface area (Å²) in [7, 11) is 0. The van der Waals surface area contributed by atoms with E-state index in [4.69, 9.17) is 9.68 Å². The van der Waals surface area contributed by atoms with Gasteiger partial charge in [-0.05, 0) is 24.3 Å². The summed E-state index contributed by atoms with van der Waals surface area (Å²) in [5.74, 6) is 0.740. The van der Waals surface area contributed by atoms with Gasteiger partial charge in [-0.2, -0.15) is 9.65 Å². The Morgan fingerprint density at radius 1 is 1.38 bits per heavy atom. The summed E-state index contributed by atoms with van der Waals surface area (Å²) in [5, 5.41) is 11.4. The van der Waals surface area contributed by atoms with Crippen LogP contribution < -0.4 is 5.32 Å². The first-order chi connectivity index (χ1) is 7.78. The van der Waals surface area contributed by atoms with E-state index in [1.165, 1.54) is 6.07 Å². The van der Waals surface area contributed by atoms with Crippen molar-refractivity contribution in [3.05, 3.63) is 47.8 Å². The highest BCUT2D eigenvalue weighted by Gasteiger charge is 2.01. The van der Waals surface area contributed by atoms with Gasteiger partial charge in [0.25, 0.3) is 0 Å². The van der Waals surface area contributed by atoms with Crippen LogP contribution in [0, 0.1) is 17.3 Å². The maximum atomic E-state index is 12.7. The number of nitriles is 1. The standard InChI is InChI=1S/C11H8FN3O/c12-10-2-1-3-11(15-10)14-7-9-5-4-8(6-13)16-9/h1-5H,7H2,(H,14,15). The van der Waals surface area contributed by atoms with Crippen LogP contribution in [-0.4, -0.2) is 4.98 Å². The zero-order valence-electron chi connectivity index (χ0n) is 8.27. The lowest BCUT2D eigenvalue weighted by molar-refractivity contribution is 0.505. The normalized spacial score (nSPS) is 9.75. The second-order valence-electron chi connectivity index (χ2n) is 3.08. The molecule has 2 aromatic heterocycles. The number of aromatic nitrogens is 1. The Bertz CT molecular complexity index is 530. The molecule has 1 N–H and O–H groups in total. The number of nitrogens with zero attached hydrogens (tertiary/aromatic N) is 2. The number of hydrogen-bond acceptors (Lipinski definition) is 4. The fourth-order valence-corrected chi connectivity index (χ4v) is 1.22. The first kappa shape index (κ1) is 10.2. The molecule has 0 aliphatic heterocycles. The molecule has 2 rings (SSSR count). The molecule has 0 fully saturated rings. The molecule has 0 saturated heterocycles. The number of hydrogen-bond donors (Lipinski definition) is 1. The molecule has 0 atom stereocenters. The molecular formula is C11H8FN3O. The van der Waals surface area contributed by atoms with E-state index in [1.54, 1.807) is 24.3 Å². The van der Waals surface area contributed by atoms with Gasteiger partial charge in [-0.1, -0.05) is 6.07 Å². The van der Waals surface area contributed by atoms with Gasteiger partial charge in [-0.15, -0.1) is 0 Å². The molecule has 0 amide bonds. The van der Waals surface area contributed by atoms with Crippen LogP contribution in [0.15, 0.2) is 34.7 Å². The van der Waals surface area contributed by atoms with Crippen molar-refractivity contribution in [2.75, 3.05) is 5.32 Å². The predicted octanol–water partition coefficient (Wildman–Crippen LogP) is 2.30. The highest BCUT2D eigenvalue weighted by Crippen LogP contribution is 2.09. The van der Waals surface area contributed by atoms with Crippen molar-refractivity contribution in [3.63, 3.8) is 0 Å². The van der Waals surface area contributed by atoms with Gasteiger partial charge in [0.2, 0.25) is 11.7 Å². The van der Waals surface area contributed by atoms with Crippen LogP contribution in [0.5, 0.6) is 0 Å². The third-order valence-electron chi connectivity index (χ3n) is 1.93. The minimum absolute atomic E-state index is 0.254. The number of nitrogens with one attached hydrogen (secondary N) is 1. The molecule has 0 aromatic carbocycles. The van der Waals surface area contributed by atoms with Crippen LogP contribution in [0.4, 0.5) is 10.2 Å². The fourth-order valence-electron chi connectivity index (χ4n) is 1.22. The highest BCUT2D eigenvalue weighted by molar-refractivity contribution is 5.34. The zero-order chi connectivity index (χ0) is 11.4. The predicted molar refractivity (Wildman–Crippen MR) is 54.9 cm³/mol. The molecule has 0 bridgehead atoms. The van der Waals surface area contributed by atoms with Gasteiger partial charge in [0.15, 0.2) is 0 Å². The summed E-state index contributed by atoms with van der Waals surface area (Å²) in [6, 6.07) is 9.63. The monoisotopic (exact) mass is 217 g/mol. The second kappa shape index (κ2) is 4.45. The average Bonchev–Trinajstić information content (AvgIpc) is 2.74. The molecule has 16 heavy (non-hydrogen) atoms. The lowest BCUT2D eigenvalue weighted by Gasteiger charge is -2.02. The van der Waals surface area contributed by atoms with Crippen molar-refractivity contribution in [2.45, 2.75) is 6.54 Å². The minimum Gasteiger partial charge on any atom is -0.449 e. The van der Waals surface area contributed by atoms with E-state index in [0.29, 0.717) is 18.1 Å². The summed E-state index contributed by atoms with van der Waals surface area (Å²) < 4.78 is 17.9. The summed E-state index contributed by atoms with van der Waals surface area (Å²) in [4.78, 5) is 3.63. The van der Waals surface area contributed by atoms with Crippen LogP contribution in [-0.2, 0) is 6.54 Å². The quantitative estimate of drug-likeness (QED) is 0.801. The van der Waals surface area contributed by atoms with E-state index >= 15 is 0 Å². The molecule has 0 aliphatic rings. The third-order valence-corrected chi connectivity index (χ3v) is 1.93. The Hall–Kier alpha value is -2.35. The summed E-state index contributed by atoms with van der Waals surface area (Å²) in [5.41, 5.74) is 0. The van der Waals surface area contributed by atoms with Gasteiger partial charge in [-0.3, -0.25) is 0 Å². The van der Waals surface area contributed by atoms with Crippen molar-refractivity contribution < 1.29 is 8.81 Å². The van der Waals surface area contributed by atoms with Crippen molar-refractivity contribution >= 4 is 5.82 Å². The molecular weight excluding hydrogens is 209 g/mol. The maximum Gasteiger partial charge on any atom is 0.214 e. The van der Waals surface area contributed by atoms with Gasteiger partial charge in [0.05, 0.1) is 6.54 Å². The lowest BCUT2D eigenvalue weighted by atomic mass is 10.4. The molecule has 0 unspecified atom stereocenters. The Kier molecular flexibility index (Phi) is 2.83. The van der Waals surface area contributed by atoms with Crippen LogP contribution in [0.25, 0.3) is 0 Å². The van der Waals surface area contributed by atoms with Crippen LogP contribution in [0.1, 0.15) is 11.5 Å². The average molecular weight is 217 g/mol. The van der Waals surface area contributed by atoms with E-state index in [-0.39, 0.29) is 5.76 Å². The Morgan fingerprint density at radius 2 is 2.25 bits per heavy atom. The van der Waals surface area contributed by atoms with Crippen molar-refractivity contribution in [3.8, 4) is 6.07 Å². The minimum atomic E-state index is -0.540. The van der Waals surface area contributed by atoms with Crippen LogP contribution >= 0.6 is 0 Å². The number of anilines is 1. The first-order valence-corrected chi connectivity index (χ1v) is 4.63. The summed E-state index contributed by atoms with van der Waals surface area (Å²) >= 11 is 0. The summed E-state index contributed by atoms with van der Waals surface area (Å²) in [6.07, 6.45) is 0. The molecule has 2 heterocycles. The van der Waals surface area contributed by atoms with Gasteiger partial charge in [-0.25, -0.2) is 4.98 Å². The van der Waals surface area contributed by atoms with E-state index in [1.807, 2.05) is 6.07 Å². The molecule has 80 valence electrons. The van der Waals surface area contributed by atoms with E-state index in [0.717, 1.165) is 0 Å². The van der Waals surface area contributed by atoms with Crippen molar-refractivity contribution in [1.29, 1.82) is 5.26 Å². The number of furan rings is 1. The van der Waals surface area contributed by atoms with Crippen molar-refractivity contribution in [1.82, 2.24) is 4.98 Å². The molecule has 4 nitrogen and oxygen atoms in total. The molecule has 5 heteroatoms. The van der Waals surface area contributed by atoms with Crippen molar-refractivity contribution in [2.24, 2.45) is 0 Å². The Labute approximate surface area is 91.3 Å². The SMILES string of the molecule is N#Cc1ccc(CNc2cccc(F)n2)o1. The smallest absolute Gasteiger partial charge is 0.214 e. The topological polar surface area (TPSA) is 61.9 Å². The molecule has 0 aliphatic carbocycles. The first-order valence-electron chi connectivity index (χ1n) is 4.63. The third kappa shape index (κ3) is 2.36. The molecule has 0 radical (unpaired) electrons. The fraction of sp³-hybridized carbons (Fsp3) is 0.0909.